The van der Waals surface area contributed by atoms with Gasteiger partial charge in [0.25, 0.3) is 6.43 Å². The van der Waals surface area contributed by atoms with Crippen LogP contribution in [0.25, 0.3) is 5.57 Å². The van der Waals surface area contributed by atoms with Crippen molar-refractivity contribution in [2.45, 2.75) is 57.5 Å². The number of alkyl halides is 2. The first-order valence-corrected chi connectivity index (χ1v) is 13.4. The predicted molar refractivity (Wildman–Crippen MR) is 144 cm³/mol. The SMILES string of the molecule is CN/C=C(\CN)c1cc2c(cc1C(F)F)N(C(=N)C1CN(C(C)=O)CCC1NC1CCNCC1)CCC2. The van der Waals surface area contributed by atoms with E-state index in [-0.39, 0.29) is 30.0 Å². The van der Waals surface area contributed by atoms with Crippen LogP contribution in [-0.2, 0) is 11.2 Å². The maximum atomic E-state index is 14.3. The van der Waals surface area contributed by atoms with Crippen molar-refractivity contribution < 1.29 is 13.6 Å². The quantitative estimate of drug-likeness (QED) is 0.281. The lowest BCUT2D eigenvalue weighted by atomic mass is 9.86. The second-order valence-electron chi connectivity index (χ2n) is 10.3. The van der Waals surface area contributed by atoms with E-state index in [0.29, 0.717) is 48.3 Å². The Hall–Kier alpha value is -2.56. The van der Waals surface area contributed by atoms with Crippen molar-refractivity contribution in [3.8, 4) is 0 Å². The number of fused-ring (bicyclic) bond motifs is 1. The highest BCUT2D eigenvalue weighted by Crippen LogP contribution is 2.38. The molecule has 3 aliphatic heterocycles. The number of aryl methyl sites for hydroxylation is 1. The fourth-order valence-electron chi connectivity index (χ4n) is 5.98. The number of piperidine rings is 2. The van der Waals surface area contributed by atoms with Gasteiger partial charge in [-0.1, -0.05) is 0 Å². The molecule has 0 saturated carbocycles. The summed E-state index contributed by atoms with van der Waals surface area (Å²) in [5, 5.41) is 19.4. The highest BCUT2D eigenvalue weighted by atomic mass is 19.3. The van der Waals surface area contributed by atoms with Gasteiger partial charge in [0, 0.05) is 75.6 Å². The Balaban J connectivity index is 1.66. The highest BCUT2D eigenvalue weighted by molar-refractivity contribution is 5.99. The molecule has 2 atom stereocenters. The van der Waals surface area contributed by atoms with Crippen LogP contribution in [0.1, 0.15) is 55.7 Å². The minimum Gasteiger partial charge on any atom is -0.394 e. The topological polar surface area (TPSA) is 110 Å². The van der Waals surface area contributed by atoms with Crippen molar-refractivity contribution in [1.82, 2.24) is 20.9 Å². The Kier molecular flexibility index (Phi) is 9.15. The summed E-state index contributed by atoms with van der Waals surface area (Å²) in [7, 11) is 1.72. The molecule has 37 heavy (non-hydrogen) atoms. The van der Waals surface area contributed by atoms with Gasteiger partial charge in [0.2, 0.25) is 5.91 Å². The van der Waals surface area contributed by atoms with Gasteiger partial charge in [-0.25, -0.2) is 8.78 Å². The van der Waals surface area contributed by atoms with Gasteiger partial charge in [0.05, 0.1) is 0 Å². The van der Waals surface area contributed by atoms with Crippen LogP contribution in [-0.4, -0.2) is 75.0 Å². The third-order valence-corrected chi connectivity index (χ3v) is 7.98. The molecule has 0 aromatic heterocycles. The summed E-state index contributed by atoms with van der Waals surface area (Å²) in [5.41, 5.74) is 8.55. The van der Waals surface area contributed by atoms with Crippen molar-refractivity contribution in [2.75, 3.05) is 51.2 Å². The van der Waals surface area contributed by atoms with Crippen LogP contribution in [0.15, 0.2) is 18.3 Å². The molecule has 2 fully saturated rings. The van der Waals surface area contributed by atoms with Gasteiger partial charge >= 0.3 is 0 Å². The minimum absolute atomic E-state index is 0.00687. The van der Waals surface area contributed by atoms with Crippen LogP contribution in [0.2, 0.25) is 0 Å². The van der Waals surface area contributed by atoms with E-state index in [1.54, 1.807) is 26.2 Å². The molecule has 8 nitrogen and oxygen atoms in total. The Morgan fingerprint density at radius 2 is 2.03 bits per heavy atom. The molecule has 1 aromatic carbocycles. The maximum Gasteiger partial charge on any atom is 0.264 e. The van der Waals surface area contributed by atoms with Crippen molar-refractivity contribution in [3.63, 3.8) is 0 Å². The number of hydrogen-bond acceptors (Lipinski definition) is 6. The number of halogens is 2. The molecule has 0 spiro atoms. The molecule has 2 unspecified atom stereocenters. The van der Waals surface area contributed by atoms with Crippen LogP contribution in [0, 0.1) is 11.3 Å². The average molecular weight is 518 g/mol. The minimum atomic E-state index is -2.66. The van der Waals surface area contributed by atoms with Gasteiger partial charge in [-0.15, -0.1) is 0 Å². The summed E-state index contributed by atoms with van der Waals surface area (Å²) in [6.45, 7) is 5.38. The standard InChI is InChI=1S/C27H41F2N7O/c1-17(37)35-11-7-24(34-20-5-8-33-9-6-20)23(16-35)27(31)36-10-3-4-18-12-21(19(14-30)15-32-2)22(26(28)29)13-25(18)36/h12-13,15,20,23-24,26,31-34H,3-11,14,16,30H2,1-2H3/b19-15+,31-27?. The van der Waals surface area contributed by atoms with E-state index in [1.165, 1.54) is 0 Å². The molecule has 1 amide bonds. The van der Waals surface area contributed by atoms with E-state index >= 15 is 0 Å². The molecule has 4 rings (SSSR count). The molecule has 10 heteroatoms. The first kappa shape index (κ1) is 27.5. The number of nitrogens with one attached hydrogen (secondary N) is 4. The molecule has 2 saturated heterocycles. The third-order valence-electron chi connectivity index (χ3n) is 7.98. The van der Waals surface area contributed by atoms with E-state index in [9.17, 15) is 19.0 Å². The summed E-state index contributed by atoms with van der Waals surface area (Å²) in [4.78, 5) is 16.0. The zero-order chi connectivity index (χ0) is 26.5. The molecular weight excluding hydrogens is 476 g/mol. The van der Waals surface area contributed by atoms with Crippen molar-refractivity contribution in [1.29, 1.82) is 5.41 Å². The zero-order valence-electron chi connectivity index (χ0n) is 22.0. The number of rotatable bonds is 7. The summed E-state index contributed by atoms with van der Waals surface area (Å²) < 4.78 is 28.5. The second kappa shape index (κ2) is 12.3. The first-order chi connectivity index (χ1) is 17.8. The smallest absolute Gasteiger partial charge is 0.264 e. The number of amidine groups is 1. The largest absolute Gasteiger partial charge is 0.394 e. The van der Waals surface area contributed by atoms with E-state index in [4.69, 9.17) is 5.73 Å². The maximum absolute atomic E-state index is 14.3. The summed E-state index contributed by atoms with van der Waals surface area (Å²) >= 11 is 0. The number of nitrogens with two attached hydrogens (primary N) is 1. The number of likely N-dealkylation sites (tertiary alicyclic amines) is 1. The van der Waals surface area contributed by atoms with Crippen LogP contribution < -0.4 is 26.6 Å². The van der Waals surface area contributed by atoms with Crippen molar-refractivity contribution >= 4 is 23.0 Å². The van der Waals surface area contributed by atoms with E-state index in [1.807, 2.05) is 15.9 Å². The Bertz CT molecular complexity index is 1010. The summed E-state index contributed by atoms with van der Waals surface area (Å²) in [5.74, 6) is 0.195. The normalized spacial score (nSPS) is 23.2. The van der Waals surface area contributed by atoms with Gasteiger partial charge in [-0.2, -0.15) is 0 Å². The molecule has 0 bridgehead atoms. The number of nitrogens with zero attached hydrogens (tertiary/aromatic N) is 2. The van der Waals surface area contributed by atoms with Crippen LogP contribution >= 0.6 is 0 Å². The van der Waals surface area contributed by atoms with Gasteiger partial charge in [0.1, 0.15) is 5.84 Å². The lowest BCUT2D eigenvalue weighted by Crippen LogP contribution is -2.59. The third kappa shape index (κ3) is 6.13. The molecule has 3 aliphatic rings. The second-order valence-corrected chi connectivity index (χ2v) is 10.3. The fourth-order valence-corrected chi connectivity index (χ4v) is 5.98. The van der Waals surface area contributed by atoms with E-state index < -0.39 is 6.43 Å². The Morgan fingerprint density at radius 3 is 2.68 bits per heavy atom. The predicted octanol–water partition coefficient (Wildman–Crippen LogP) is 2.45. The molecule has 3 heterocycles. The molecule has 0 radical (unpaired) electrons. The van der Waals surface area contributed by atoms with Crippen LogP contribution in [0.5, 0.6) is 0 Å². The summed E-state index contributed by atoms with van der Waals surface area (Å²) in [6, 6.07) is 3.83. The van der Waals surface area contributed by atoms with Gasteiger partial charge in [0.15, 0.2) is 0 Å². The molecule has 6 N–H and O–H groups in total. The number of anilines is 1. The number of carbonyl (C=O) groups excluding carboxylic acids is 1. The Labute approximate surface area is 218 Å². The Morgan fingerprint density at radius 1 is 1.27 bits per heavy atom. The number of carbonyl (C=O) groups is 1. The van der Waals surface area contributed by atoms with Gasteiger partial charge in [-0.3, -0.25) is 10.2 Å². The number of amides is 1. The highest BCUT2D eigenvalue weighted by Gasteiger charge is 2.38. The van der Waals surface area contributed by atoms with E-state index in [0.717, 1.165) is 50.8 Å². The van der Waals surface area contributed by atoms with Crippen molar-refractivity contribution in [3.05, 3.63) is 35.0 Å². The van der Waals surface area contributed by atoms with Crippen LogP contribution in [0.4, 0.5) is 14.5 Å². The van der Waals surface area contributed by atoms with E-state index in [2.05, 4.69) is 16.0 Å². The van der Waals surface area contributed by atoms with Gasteiger partial charge in [-0.05, 0) is 74.0 Å². The monoisotopic (exact) mass is 517 g/mol. The fraction of sp³-hybridized carbons (Fsp3) is 0.630. The first-order valence-electron chi connectivity index (χ1n) is 13.4. The number of benzene rings is 1. The summed E-state index contributed by atoms with van der Waals surface area (Å²) in [6.07, 6.45) is 3.42. The molecule has 204 valence electrons. The van der Waals surface area contributed by atoms with Gasteiger partial charge < -0.3 is 31.5 Å². The lowest BCUT2D eigenvalue weighted by molar-refractivity contribution is -0.130. The number of hydrogen-bond donors (Lipinski definition) is 5. The average Bonchev–Trinajstić information content (AvgIpc) is 2.90. The van der Waals surface area contributed by atoms with Crippen LogP contribution in [0.3, 0.4) is 0 Å². The van der Waals surface area contributed by atoms with Crippen molar-refractivity contribution in [2.24, 2.45) is 11.7 Å². The zero-order valence-corrected chi connectivity index (χ0v) is 22.0. The molecular formula is C27H41F2N7O. The lowest BCUT2D eigenvalue weighted by Gasteiger charge is -2.44. The molecule has 0 aliphatic carbocycles. The molecule has 1 aromatic rings.